The first-order chi connectivity index (χ1) is 6.83. The summed E-state index contributed by atoms with van der Waals surface area (Å²) < 4.78 is 10.8. The molecule has 1 rings (SSSR count). The highest BCUT2D eigenvalue weighted by atomic mass is 16.5. The summed E-state index contributed by atoms with van der Waals surface area (Å²) in [5, 5.41) is 0. The maximum atomic E-state index is 5.46. The summed E-state index contributed by atoms with van der Waals surface area (Å²) in [6.45, 7) is 4.59. The van der Waals surface area contributed by atoms with Crippen LogP contribution in [-0.4, -0.2) is 13.7 Å². The van der Waals surface area contributed by atoms with Gasteiger partial charge in [-0.05, 0) is 19.9 Å². The minimum Gasteiger partial charge on any atom is -0.492 e. The van der Waals surface area contributed by atoms with Crippen molar-refractivity contribution in [3.05, 3.63) is 29.8 Å². The van der Waals surface area contributed by atoms with E-state index in [0.29, 0.717) is 6.61 Å². The molecule has 76 valence electrons. The van der Waals surface area contributed by atoms with Crippen LogP contribution in [0.15, 0.2) is 24.3 Å². The van der Waals surface area contributed by atoms with Gasteiger partial charge in [0.1, 0.15) is 0 Å². The van der Waals surface area contributed by atoms with E-state index >= 15 is 0 Å². The van der Waals surface area contributed by atoms with Crippen molar-refractivity contribution in [3.8, 4) is 11.5 Å². The summed E-state index contributed by atoms with van der Waals surface area (Å²) in [6.07, 6.45) is 3.98. The van der Waals surface area contributed by atoms with E-state index in [-0.39, 0.29) is 0 Å². The first-order valence-electron chi connectivity index (χ1n) is 4.76. The number of hydrogen-bond donors (Lipinski definition) is 0. The Bertz CT molecular complexity index is 316. The monoisotopic (exact) mass is 192 g/mol. The van der Waals surface area contributed by atoms with Crippen molar-refractivity contribution < 1.29 is 9.47 Å². The fourth-order valence-corrected chi connectivity index (χ4v) is 1.33. The summed E-state index contributed by atoms with van der Waals surface area (Å²) >= 11 is 0. The van der Waals surface area contributed by atoms with Gasteiger partial charge in [0.05, 0.1) is 13.7 Å². The molecule has 1 aromatic carbocycles. The van der Waals surface area contributed by atoms with Crippen LogP contribution in [0, 0.1) is 0 Å². The lowest BCUT2D eigenvalue weighted by Crippen LogP contribution is -1.96. The number of allylic oxidation sites excluding steroid dienone is 1. The second-order valence-electron chi connectivity index (χ2n) is 2.81. The molecule has 0 saturated carbocycles. The molecule has 0 fully saturated rings. The number of para-hydroxylation sites is 1. The van der Waals surface area contributed by atoms with E-state index in [0.717, 1.165) is 17.1 Å². The average Bonchev–Trinajstić information content (AvgIpc) is 2.19. The van der Waals surface area contributed by atoms with Gasteiger partial charge in [0.25, 0.3) is 0 Å². The molecule has 2 nitrogen and oxygen atoms in total. The first kappa shape index (κ1) is 10.6. The molecular formula is C12H16O2. The van der Waals surface area contributed by atoms with Gasteiger partial charge in [0.15, 0.2) is 11.5 Å². The molecule has 0 aliphatic heterocycles. The highest BCUT2D eigenvalue weighted by Gasteiger charge is 2.06. The molecule has 0 aromatic heterocycles. The van der Waals surface area contributed by atoms with E-state index in [1.165, 1.54) is 0 Å². The van der Waals surface area contributed by atoms with Gasteiger partial charge in [-0.25, -0.2) is 0 Å². The number of hydrogen-bond acceptors (Lipinski definition) is 2. The molecule has 0 N–H and O–H groups in total. The van der Waals surface area contributed by atoms with Gasteiger partial charge in [0.2, 0.25) is 0 Å². The Morgan fingerprint density at radius 2 is 2.14 bits per heavy atom. The lowest BCUT2D eigenvalue weighted by Gasteiger charge is -2.11. The average molecular weight is 192 g/mol. The van der Waals surface area contributed by atoms with E-state index in [1.54, 1.807) is 7.11 Å². The Balaban J connectivity index is 3.10. The highest BCUT2D eigenvalue weighted by Crippen LogP contribution is 2.31. The van der Waals surface area contributed by atoms with Crippen LogP contribution in [0.3, 0.4) is 0 Å². The van der Waals surface area contributed by atoms with E-state index in [2.05, 4.69) is 0 Å². The third-order valence-corrected chi connectivity index (χ3v) is 1.86. The Hall–Kier alpha value is -1.44. The molecule has 1 aromatic rings. The normalized spacial score (nSPS) is 10.5. The Morgan fingerprint density at radius 1 is 1.36 bits per heavy atom. The summed E-state index contributed by atoms with van der Waals surface area (Å²) in [4.78, 5) is 0. The Morgan fingerprint density at radius 3 is 2.71 bits per heavy atom. The van der Waals surface area contributed by atoms with E-state index in [9.17, 15) is 0 Å². The molecule has 0 heterocycles. The van der Waals surface area contributed by atoms with E-state index in [1.807, 2.05) is 44.2 Å². The molecule has 0 radical (unpaired) electrons. The summed E-state index contributed by atoms with van der Waals surface area (Å²) in [5.74, 6) is 1.60. The molecule has 0 atom stereocenters. The topological polar surface area (TPSA) is 18.5 Å². The van der Waals surface area contributed by atoms with Crippen LogP contribution in [0.4, 0.5) is 0 Å². The van der Waals surface area contributed by atoms with E-state index < -0.39 is 0 Å². The van der Waals surface area contributed by atoms with Crippen molar-refractivity contribution in [3.63, 3.8) is 0 Å². The van der Waals surface area contributed by atoms with Gasteiger partial charge in [-0.2, -0.15) is 0 Å². The van der Waals surface area contributed by atoms with Crippen LogP contribution in [0.1, 0.15) is 19.4 Å². The third-order valence-electron chi connectivity index (χ3n) is 1.86. The molecule has 0 spiro atoms. The van der Waals surface area contributed by atoms with Gasteiger partial charge in [-0.1, -0.05) is 24.3 Å². The molecule has 0 bridgehead atoms. The SMILES string of the molecule is CC=Cc1cccc(OCC)c1OC. The smallest absolute Gasteiger partial charge is 0.167 e. The van der Waals surface area contributed by atoms with Crippen molar-refractivity contribution in [2.45, 2.75) is 13.8 Å². The van der Waals surface area contributed by atoms with Gasteiger partial charge in [-0.15, -0.1) is 0 Å². The van der Waals surface area contributed by atoms with Crippen molar-refractivity contribution in [2.75, 3.05) is 13.7 Å². The van der Waals surface area contributed by atoms with Crippen LogP contribution in [0.5, 0.6) is 11.5 Å². The standard InChI is InChI=1S/C12H16O2/c1-4-7-10-8-6-9-11(14-5-2)12(10)13-3/h4,6-9H,5H2,1-3H3. The largest absolute Gasteiger partial charge is 0.492 e. The number of ether oxygens (including phenoxy) is 2. The van der Waals surface area contributed by atoms with Crippen LogP contribution in [0.25, 0.3) is 6.08 Å². The minimum absolute atomic E-state index is 0.648. The minimum atomic E-state index is 0.648. The fraction of sp³-hybridized carbons (Fsp3) is 0.333. The quantitative estimate of drug-likeness (QED) is 0.729. The van der Waals surface area contributed by atoms with Crippen LogP contribution in [-0.2, 0) is 0 Å². The maximum Gasteiger partial charge on any atom is 0.167 e. The molecule has 0 aliphatic carbocycles. The third kappa shape index (κ3) is 2.28. The predicted octanol–water partition coefficient (Wildman–Crippen LogP) is 3.13. The summed E-state index contributed by atoms with van der Waals surface area (Å²) in [7, 11) is 1.66. The molecule has 2 heteroatoms. The number of rotatable bonds is 4. The lowest BCUT2D eigenvalue weighted by atomic mass is 10.1. The zero-order chi connectivity index (χ0) is 10.4. The highest BCUT2D eigenvalue weighted by molar-refractivity contribution is 5.62. The number of benzene rings is 1. The second kappa shape index (κ2) is 5.32. The van der Waals surface area contributed by atoms with Gasteiger partial charge in [0, 0.05) is 5.56 Å². The molecular weight excluding hydrogens is 176 g/mol. The van der Waals surface area contributed by atoms with Crippen LogP contribution in [0.2, 0.25) is 0 Å². The van der Waals surface area contributed by atoms with Crippen molar-refractivity contribution in [1.82, 2.24) is 0 Å². The molecule has 0 amide bonds. The van der Waals surface area contributed by atoms with Gasteiger partial charge >= 0.3 is 0 Å². The van der Waals surface area contributed by atoms with Crippen molar-refractivity contribution in [2.24, 2.45) is 0 Å². The predicted molar refractivity (Wildman–Crippen MR) is 58.9 cm³/mol. The Kier molecular flexibility index (Phi) is 4.05. The molecule has 14 heavy (non-hydrogen) atoms. The zero-order valence-corrected chi connectivity index (χ0v) is 8.91. The van der Waals surface area contributed by atoms with Crippen LogP contribution >= 0.6 is 0 Å². The fourth-order valence-electron chi connectivity index (χ4n) is 1.33. The summed E-state index contributed by atoms with van der Waals surface area (Å²) in [5.41, 5.74) is 1.04. The lowest BCUT2D eigenvalue weighted by molar-refractivity contribution is 0.310. The molecule has 0 unspecified atom stereocenters. The van der Waals surface area contributed by atoms with Crippen molar-refractivity contribution in [1.29, 1.82) is 0 Å². The van der Waals surface area contributed by atoms with E-state index in [4.69, 9.17) is 9.47 Å². The van der Waals surface area contributed by atoms with Crippen LogP contribution < -0.4 is 9.47 Å². The van der Waals surface area contributed by atoms with Gasteiger partial charge in [-0.3, -0.25) is 0 Å². The zero-order valence-electron chi connectivity index (χ0n) is 8.91. The van der Waals surface area contributed by atoms with Crippen molar-refractivity contribution >= 4 is 6.08 Å². The second-order valence-corrected chi connectivity index (χ2v) is 2.81. The molecule has 0 saturated heterocycles. The maximum absolute atomic E-state index is 5.46. The number of methoxy groups -OCH3 is 1. The van der Waals surface area contributed by atoms with Gasteiger partial charge < -0.3 is 9.47 Å². The first-order valence-corrected chi connectivity index (χ1v) is 4.76. The summed E-state index contributed by atoms with van der Waals surface area (Å²) in [6, 6.07) is 5.87. The molecule has 0 aliphatic rings. The Labute approximate surface area is 85.2 Å².